The van der Waals surface area contributed by atoms with Crippen molar-refractivity contribution in [2.75, 3.05) is 13.1 Å². The van der Waals surface area contributed by atoms with E-state index >= 15 is 0 Å². The molecule has 3 nitrogen and oxygen atoms in total. The summed E-state index contributed by atoms with van der Waals surface area (Å²) in [7, 11) is 0. The maximum Gasteiger partial charge on any atom is 0.227 e. The Bertz CT molecular complexity index is 259. The van der Waals surface area contributed by atoms with Crippen LogP contribution >= 0.6 is 12.4 Å². The highest BCUT2D eigenvalue weighted by Crippen LogP contribution is 2.27. The number of rotatable bonds is 3. The minimum Gasteiger partial charge on any atom is -0.337 e. The Labute approximate surface area is 117 Å². The predicted octanol–water partition coefficient (Wildman–Crippen LogP) is 2.59. The number of hydrogen-bond acceptors (Lipinski definition) is 2. The highest BCUT2D eigenvalue weighted by Gasteiger charge is 2.33. The fourth-order valence-electron chi connectivity index (χ4n) is 3.31. The van der Waals surface area contributed by atoms with Crippen LogP contribution in [0.3, 0.4) is 0 Å². The van der Waals surface area contributed by atoms with Crippen LogP contribution in [0.4, 0.5) is 0 Å². The van der Waals surface area contributed by atoms with Crippen LogP contribution in [-0.4, -0.2) is 36.0 Å². The summed E-state index contributed by atoms with van der Waals surface area (Å²) in [5, 5.41) is 3.35. The van der Waals surface area contributed by atoms with Gasteiger partial charge in [0.15, 0.2) is 0 Å². The van der Waals surface area contributed by atoms with E-state index in [9.17, 15) is 4.79 Å². The first kappa shape index (κ1) is 15.8. The molecule has 1 amide bonds. The second-order valence-electron chi connectivity index (χ2n) is 5.82. The standard InChI is InChI=1S/C14H26N2O.ClH/c1-11(2)16(13-7-3-4-8-13)14(17)12-6-5-9-15-10-12;/h11-13,15H,3-10H2,1-2H3;1H. The fraction of sp³-hybridized carbons (Fsp3) is 0.929. The van der Waals surface area contributed by atoms with Crippen molar-refractivity contribution in [1.29, 1.82) is 0 Å². The summed E-state index contributed by atoms with van der Waals surface area (Å²) < 4.78 is 0. The van der Waals surface area contributed by atoms with Gasteiger partial charge in [-0.05, 0) is 46.1 Å². The van der Waals surface area contributed by atoms with Gasteiger partial charge in [0, 0.05) is 18.6 Å². The second kappa shape index (κ2) is 7.34. The van der Waals surface area contributed by atoms with Gasteiger partial charge >= 0.3 is 0 Å². The number of piperidine rings is 1. The van der Waals surface area contributed by atoms with E-state index in [1.54, 1.807) is 0 Å². The molecule has 4 heteroatoms. The first-order valence-electron chi connectivity index (χ1n) is 7.23. The van der Waals surface area contributed by atoms with Gasteiger partial charge < -0.3 is 10.2 Å². The Morgan fingerprint density at radius 1 is 1.17 bits per heavy atom. The van der Waals surface area contributed by atoms with E-state index in [2.05, 4.69) is 24.1 Å². The van der Waals surface area contributed by atoms with Crippen molar-refractivity contribution in [3.8, 4) is 0 Å². The molecule has 0 aromatic heterocycles. The molecule has 1 aliphatic carbocycles. The van der Waals surface area contributed by atoms with Crippen LogP contribution in [0.1, 0.15) is 52.4 Å². The third-order valence-corrected chi connectivity index (χ3v) is 4.18. The molecule has 1 saturated heterocycles. The molecule has 1 atom stereocenters. The molecule has 18 heavy (non-hydrogen) atoms. The van der Waals surface area contributed by atoms with Gasteiger partial charge in [-0.15, -0.1) is 12.4 Å². The van der Waals surface area contributed by atoms with E-state index in [0.717, 1.165) is 25.9 Å². The third-order valence-electron chi connectivity index (χ3n) is 4.18. The summed E-state index contributed by atoms with van der Waals surface area (Å²) in [6, 6.07) is 0.872. The van der Waals surface area contributed by atoms with Crippen LogP contribution in [0.5, 0.6) is 0 Å². The van der Waals surface area contributed by atoms with Crippen LogP contribution in [0.15, 0.2) is 0 Å². The van der Waals surface area contributed by atoms with Gasteiger partial charge in [0.2, 0.25) is 5.91 Å². The molecule has 2 rings (SSSR count). The maximum atomic E-state index is 12.6. The molecule has 0 bridgehead atoms. The molecule has 0 radical (unpaired) electrons. The van der Waals surface area contributed by atoms with Crippen molar-refractivity contribution in [3.05, 3.63) is 0 Å². The van der Waals surface area contributed by atoms with E-state index in [1.807, 2.05) is 0 Å². The van der Waals surface area contributed by atoms with E-state index in [1.165, 1.54) is 25.7 Å². The quantitative estimate of drug-likeness (QED) is 0.858. The Morgan fingerprint density at radius 2 is 1.83 bits per heavy atom. The number of carbonyl (C=O) groups is 1. The number of halogens is 1. The minimum atomic E-state index is 0. The molecule has 1 saturated carbocycles. The average molecular weight is 275 g/mol. The molecule has 2 aliphatic rings. The molecule has 1 heterocycles. The molecule has 1 aliphatic heterocycles. The van der Waals surface area contributed by atoms with E-state index < -0.39 is 0 Å². The minimum absolute atomic E-state index is 0. The van der Waals surface area contributed by atoms with Crippen molar-refractivity contribution >= 4 is 18.3 Å². The SMILES string of the molecule is CC(C)N(C(=O)C1CCCNC1)C1CCCC1.Cl. The summed E-state index contributed by atoms with van der Waals surface area (Å²) in [5.74, 6) is 0.630. The van der Waals surface area contributed by atoms with E-state index in [0.29, 0.717) is 18.0 Å². The lowest BCUT2D eigenvalue weighted by molar-refractivity contribution is -0.140. The van der Waals surface area contributed by atoms with Crippen molar-refractivity contribution in [2.45, 2.75) is 64.5 Å². The molecule has 1 N–H and O–H groups in total. The van der Waals surface area contributed by atoms with E-state index in [-0.39, 0.29) is 18.3 Å². The first-order chi connectivity index (χ1) is 8.20. The maximum absolute atomic E-state index is 12.6. The number of hydrogen-bond donors (Lipinski definition) is 1. The molecular formula is C14H27ClN2O. The molecule has 2 fully saturated rings. The van der Waals surface area contributed by atoms with Crippen LogP contribution in [0.2, 0.25) is 0 Å². The number of nitrogens with one attached hydrogen (secondary N) is 1. The molecule has 0 aromatic carbocycles. The molecule has 0 aromatic rings. The van der Waals surface area contributed by atoms with E-state index in [4.69, 9.17) is 0 Å². The van der Waals surface area contributed by atoms with Gasteiger partial charge in [0.05, 0.1) is 5.92 Å². The summed E-state index contributed by atoms with van der Waals surface area (Å²) in [4.78, 5) is 14.8. The normalized spacial score (nSPS) is 24.9. The van der Waals surface area contributed by atoms with Gasteiger partial charge in [0.1, 0.15) is 0 Å². The van der Waals surface area contributed by atoms with Crippen molar-refractivity contribution in [1.82, 2.24) is 10.2 Å². The lowest BCUT2D eigenvalue weighted by Crippen LogP contribution is -2.49. The monoisotopic (exact) mass is 274 g/mol. The summed E-state index contributed by atoms with van der Waals surface area (Å²) in [6.45, 7) is 6.28. The summed E-state index contributed by atoms with van der Waals surface area (Å²) in [5.41, 5.74) is 0. The fourth-order valence-corrected chi connectivity index (χ4v) is 3.31. The smallest absolute Gasteiger partial charge is 0.227 e. The van der Waals surface area contributed by atoms with Crippen LogP contribution in [-0.2, 0) is 4.79 Å². The largest absolute Gasteiger partial charge is 0.337 e. The summed E-state index contributed by atoms with van der Waals surface area (Å²) in [6.07, 6.45) is 7.23. The van der Waals surface area contributed by atoms with Gasteiger partial charge in [0.25, 0.3) is 0 Å². The predicted molar refractivity (Wildman–Crippen MR) is 77.1 cm³/mol. The molecule has 0 spiro atoms. The van der Waals surface area contributed by atoms with Crippen LogP contribution in [0.25, 0.3) is 0 Å². The molecular weight excluding hydrogens is 248 g/mol. The van der Waals surface area contributed by atoms with Gasteiger partial charge in [-0.3, -0.25) is 4.79 Å². The van der Waals surface area contributed by atoms with Crippen LogP contribution < -0.4 is 5.32 Å². The Hall–Kier alpha value is -0.280. The number of carbonyl (C=O) groups excluding carboxylic acids is 1. The van der Waals surface area contributed by atoms with Gasteiger partial charge in [-0.1, -0.05) is 12.8 Å². The lowest BCUT2D eigenvalue weighted by Gasteiger charge is -2.36. The topological polar surface area (TPSA) is 32.3 Å². The zero-order valence-electron chi connectivity index (χ0n) is 11.7. The van der Waals surface area contributed by atoms with Gasteiger partial charge in [-0.25, -0.2) is 0 Å². The zero-order valence-corrected chi connectivity index (χ0v) is 12.5. The second-order valence-corrected chi connectivity index (χ2v) is 5.82. The van der Waals surface area contributed by atoms with Crippen molar-refractivity contribution in [2.24, 2.45) is 5.92 Å². The third kappa shape index (κ3) is 3.61. The Morgan fingerprint density at radius 3 is 2.33 bits per heavy atom. The lowest BCUT2D eigenvalue weighted by atomic mass is 9.96. The Kier molecular flexibility index (Phi) is 6.44. The zero-order chi connectivity index (χ0) is 12.3. The van der Waals surface area contributed by atoms with Crippen molar-refractivity contribution in [3.63, 3.8) is 0 Å². The highest BCUT2D eigenvalue weighted by molar-refractivity contribution is 5.85. The summed E-state index contributed by atoms with van der Waals surface area (Å²) >= 11 is 0. The number of amides is 1. The first-order valence-corrected chi connectivity index (χ1v) is 7.23. The molecule has 106 valence electrons. The van der Waals surface area contributed by atoms with Gasteiger partial charge in [-0.2, -0.15) is 0 Å². The van der Waals surface area contributed by atoms with Crippen LogP contribution in [0, 0.1) is 5.92 Å². The Balaban J connectivity index is 0.00000162. The molecule has 1 unspecified atom stereocenters. The van der Waals surface area contributed by atoms with Crippen molar-refractivity contribution < 1.29 is 4.79 Å². The number of nitrogens with zero attached hydrogens (tertiary/aromatic N) is 1. The highest BCUT2D eigenvalue weighted by atomic mass is 35.5. The average Bonchev–Trinajstić information content (AvgIpc) is 2.83.